The van der Waals surface area contributed by atoms with Crippen LogP contribution in [-0.4, -0.2) is 64.4 Å². The maximum atomic E-state index is 13.1. The van der Waals surface area contributed by atoms with Crippen molar-refractivity contribution in [2.75, 3.05) is 32.9 Å². The lowest BCUT2D eigenvalue weighted by molar-refractivity contribution is -0.138. The summed E-state index contributed by atoms with van der Waals surface area (Å²) in [6.45, 7) is 6.48. The maximum Gasteiger partial charge on any atom is 0.344 e. The van der Waals surface area contributed by atoms with Gasteiger partial charge in [0.25, 0.3) is 0 Å². The first-order valence-corrected chi connectivity index (χ1v) is 13.9. The number of rotatable bonds is 7. The van der Waals surface area contributed by atoms with Gasteiger partial charge in [-0.2, -0.15) is 0 Å². The number of carbonyl (C=O) groups is 2. The Hall–Kier alpha value is -3.82. The lowest BCUT2D eigenvalue weighted by Gasteiger charge is -2.27. The van der Waals surface area contributed by atoms with E-state index in [9.17, 15) is 14.7 Å². The van der Waals surface area contributed by atoms with Crippen LogP contribution < -0.4 is 0 Å². The molecule has 1 fully saturated rings. The molecule has 1 amide bonds. The molecule has 0 bridgehead atoms. The molecule has 0 aliphatic carbocycles. The third-order valence-corrected chi connectivity index (χ3v) is 7.73. The number of ether oxygens (including phenoxy) is 2. The van der Waals surface area contributed by atoms with Crippen molar-refractivity contribution in [3.63, 3.8) is 0 Å². The van der Waals surface area contributed by atoms with Gasteiger partial charge in [-0.3, -0.25) is 4.79 Å². The molecule has 0 unspecified atom stereocenters. The van der Waals surface area contributed by atoms with Gasteiger partial charge in [-0.1, -0.05) is 55.1 Å². The van der Waals surface area contributed by atoms with Crippen molar-refractivity contribution in [1.29, 1.82) is 0 Å². The Bertz CT molecular complexity index is 1480. The number of benzene rings is 2. The van der Waals surface area contributed by atoms with Crippen molar-refractivity contribution in [1.82, 2.24) is 9.47 Å². The molecular formula is C30H31N3O5S. The number of aromatic nitrogens is 1. The van der Waals surface area contributed by atoms with E-state index >= 15 is 0 Å². The van der Waals surface area contributed by atoms with Gasteiger partial charge < -0.3 is 24.0 Å². The van der Waals surface area contributed by atoms with E-state index in [1.165, 1.54) is 11.8 Å². The average molecular weight is 546 g/mol. The predicted molar refractivity (Wildman–Crippen MR) is 154 cm³/mol. The molecule has 3 heterocycles. The summed E-state index contributed by atoms with van der Waals surface area (Å²) in [5.41, 5.74) is 3.68. The van der Waals surface area contributed by atoms with Gasteiger partial charge in [0.05, 0.1) is 35.9 Å². The summed E-state index contributed by atoms with van der Waals surface area (Å²) in [6, 6.07) is 15.4. The number of morpholine rings is 1. The molecule has 0 radical (unpaired) electrons. The monoisotopic (exact) mass is 545 g/mol. The van der Waals surface area contributed by atoms with Crippen molar-refractivity contribution in [2.45, 2.75) is 26.8 Å². The minimum absolute atomic E-state index is 0.0418. The van der Waals surface area contributed by atoms with Gasteiger partial charge in [-0.15, -0.1) is 0 Å². The molecule has 8 nitrogen and oxygen atoms in total. The van der Waals surface area contributed by atoms with Gasteiger partial charge in [0.2, 0.25) is 5.91 Å². The van der Waals surface area contributed by atoms with Gasteiger partial charge in [-0.05, 0) is 37.1 Å². The first-order chi connectivity index (χ1) is 19.0. The number of nitrogens with zero attached hydrogens (tertiary/aromatic N) is 3. The van der Waals surface area contributed by atoms with E-state index in [2.05, 4.69) is 18.0 Å². The molecule has 5 rings (SSSR count). The highest BCUT2D eigenvalue weighted by molar-refractivity contribution is 8.18. The Labute approximate surface area is 231 Å². The van der Waals surface area contributed by atoms with Gasteiger partial charge in [0.1, 0.15) is 22.9 Å². The Morgan fingerprint density at radius 2 is 1.87 bits per heavy atom. The molecular weight excluding hydrogens is 514 g/mol. The fourth-order valence-electron chi connectivity index (χ4n) is 4.80. The van der Waals surface area contributed by atoms with Crippen LogP contribution in [0.2, 0.25) is 0 Å². The maximum absolute atomic E-state index is 13.1. The standard InChI is InChI=1S/C30H31N3O5S/c1-3-20-9-8-12-23-21(18-33(27(20)23)19-25(34)32-13-15-37-16-14-32)17-24-28(35)26(30(36)38-4-2)29(39-24)31-22-10-6-5-7-11-22/h5-12,17-18,35H,3-4,13-16,19H2,1-2H3. The lowest BCUT2D eigenvalue weighted by atomic mass is 10.1. The highest BCUT2D eigenvalue weighted by atomic mass is 32.2. The summed E-state index contributed by atoms with van der Waals surface area (Å²) < 4.78 is 12.6. The molecule has 0 saturated carbocycles. The SMILES string of the molecule is CCOC(=O)C1=C(O)C(=Cc2cn(CC(=O)N3CCOCC3)c3c(CC)cccc23)SC1=Nc1ccccc1. The quantitative estimate of drug-likeness (QED) is 0.408. The lowest BCUT2D eigenvalue weighted by Crippen LogP contribution is -2.42. The highest BCUT2D eigenvalue weighted by Gasteiger charge is 2.33. The Morgan fingerprint density at radius 1 is 1.10 bits per heavy atom. The van der Waals surface area contributed by atoms with E-state index in [1.807, 2.05) is 64.2 Å². The number of carbonyl (C=O) groups excluding carboxylic acids is 2. The number of para-hydroxylation sites is 2. The van der Waals surface area contributed by atoms with E-state index in [1.54, 1.807) is 6.92 Å². The average Bonchev–Trinajstić information content (AvgIpc) is 3.46. The zero-order chi connectivity index (χ0) is 27.4. The first kappa shape index (κ1) is 26.8. The number of aliphatic hydroxyl groups excluding tert-OH is 1. The third kappa shape index (κ3) is 5.65. The van der Waals surface area contributed by atoms with Crippen molar-refractivity contribution in [3.05, 3.63) is 82.1 Å². The number of aliphatic hydroxyl groups is 1. The summed E-state index contributed by atoms with van der Waals surface area (Å²) >= 11 is 1.22. The van der Waals surface area contributed by atoms with Gasteiger partial charge in [-0.25, -0.2) is 9.79 Å². The largest absolute Gasteiger partial charge is 0.506 e. The molecule has 2 aromatic carbocycles. The molecule has 0 spiro atoms. The minimum Gasteiger partial charge on any atom is -0.506 e. The smallest absolute Gasteiger partial charge is 0.344 e. The van der Waals surface area contributed by atoms with Crippen molar-refractivity contribution >= 4 is 51.3 Å². The number of hydrogen-bond acceptors (Lipinski definition) is 7. The normalized spacial score (nSPS) is 17.9. The summed E-state index contributed by atoms with van der Waals surface area (Å²) in [6.07, 6.45) is 4.60. The predicted octanol–water partition coefficient (Wildman–Crippen LogP) is 5.26. The van der Waals surface area contributed by atoms with Crippen molar-refractivity contribution < 1.29 is 24.2 Å². The number of fused-ring (bicyclic) bond motifs is 1. The molecule has 2 aliphatic rings. The van der Waals surface area contributed by atoms with Crippen LogP contribution in [0.15, 0.2) is 76.0 Å². The Kier molecular flexibility index (Phi) is 8.18. The second-order valence-corrected chi connectivity index (χ2v) is 10.2. The summed E-state index contributed by atoms with van der Waals surface area (Å²) in [5, 5.41) is 12.5. The van der Waals surface area contributed by atoms with E-state index in [-0.39, 0.29) is 30.4 Å². The van der Waals surface area contributed by atoms with E-state index in [0.717, 1.165) is 28.5 Å². The van der Waals surface area contributed by atoms with E-state index in [0.29, 0.717) is 41.9 Å². The second-order valence-electron chi connectivity index (χ2n) is 9.18. The van der Waals surface area contributed by atoms with Crippen LogP contribution in [0.3, 0.4) is 0 Å². The second kappa shape index (κ2) is 11.9. The van der Waals surface area contributed by atoms with E-state index < -0.39 is 5.97 Å². The van der Waals surface area contributed by atoms with Crippen LogP contribution in [0.5, 0.6) is 0 Å². The van der Waals surface area contributed by atoms with Gasteiger partial charge >= 0.3 is 5.97 Å². The molecule has 0 atom stereocenters. The Morgan fingerprint density at radius 3 is 2.59 bits per heavy atom. The summed E-state index contributed by atoms with van der Waals surface area (Å²) in [7, 11) is 0. The Balaban J connectivity index is 1.56. The first-order valence-electron chi connectivity index (χ1n) is 13.1. The van der Waals surface area contributed by atoms with Crippen LogP contribution in [0.25, 0.3) is 17.0 Å². The van der Waals surface area contributed by atoms with Crippen molar-refractivity contribution in [3.8, 4) is 0 Å². The van der Waals surface area contributed by atoms with Gasteiger partial charge in [0, 0.05) is 30.2 Å². The number of aryl methyl sites for hydroxylation is 1. The summed E-state index contributed by atoms with van der Waals surface area (Å²) in [5.74, 6) is -0.738. The number of amides is 1. The van der Waals surface area contributed by atoms with Crippen LogP contribution in [-0.2, 0) is 32.0 Å². The van der Waals surface area contributed by atoms with Crippen molar-refractivity contribution in [2.24, 2.45) is 4.99 Å². The molecule has 2 aliphatic heterocycles. The number of hydrogen-bond donors (Lipinski definition) is 1. The number of aliphatic imine (C=N–C) groups is 1. The molecule has 9 heteroatoms. The molecule has 1 saturated heterocycles. The van der Waals surface area contributed by atoms with Gasteiger partial charge in [0.15, 0.2) is 0 Å². The minimum atomic E-state index is -0.618. The van der Waals surface area contributed by atoms with Crippen LogP contribution in [0.1, 0.15) is 25.0 Å². The molecule has 1 aromatic heterocycles. The number of esters is 1. The van der Waals surface area contributed by atoms with Crippen LogP contribution in [0.4, 0.5) is 5.69 Å². The fourth-order valence-corrected chi connectivity index (χ4v) is 5.83. The molecule has 39 heavy (non-hydrogen) atoms. The number of thioether (sulfide) groups is 1. The third-order valence-electron chi connectivity index (χ3n) is 6.71. The molecule has 202 valence electrons. The highest BCUT2D eigenvalue weighted by Crippen LogP contribution is 2.41. The molecule has 3 aromatic rings. The topological polar surface area (TPSA) is 93.4 Å². The van der Waals surface area contributed by atoms with Crippen LogP contribution >= 0.6 is 11.8 Å². The molecule has 1 N–H and O–H groups in total. The zero-order valence-corrected chi connectivity index (χ0v) is 22.9. The van der Waals surface area contributed by atoms with Crippen LogP contribution in [0, 0.1) is 0 Å². The fraction of sp³-hybridized carbons (Fsp3) is 0.300. The zero-order valence-electron chi connectivity index (χ0n) is 22.1. The summed E-state index contributed by atoms with van der Waals surface area (Å²) in [4.78, 5) is 32.9. The van der Waals surface area contributed by atoms with E-state index in [4.69, 9.17) is 9.47 Å².